The number of methoxy groups -OCH3 is 1. The van der Waals surface area contributed by atoms with Crippen molar-refractivity contribution in [1.29, 1.82) is 0 Å². The number of carbonyl (C=O) groups excluding carboxylic acids is 1. The fraction of sp³-hybridized carbons (Fsp3) is 0.643. The molecule has 3 bridgehead atoms. The quantitative estimate of drug-likeness (QED) is 0.186. The average molecular weight is 732 g/mol. The van der Waals surface area contributed by atoms with Crippen LogP contribution in [0.3, 0.4) is 0 Å². The van der Waals surface area contributed by atoms with Gasteiger partial charge < -0.3 is 24.4 Å². The Morgan fingerprint density at radius 3 is 2.71 bits per heavy atom. The highest BCUT2D eigenvalue weighted by Crippen LogP contribution is 2.69. The first-order valence-electron chi connectivity index (χ1n) is 19.5. The Balaban J connectivity index is 1.18. The van der Waals surface area contributed by atoms with Gasteiger partial charge in [0.25, 0.3) is 0 Å². The summed E-state index contributed by atoms with van der Waals surface area (Å²) in [5.74, 6) is 6.59. The molecule has 1 aromatic rings. The van der Waals surface area contributed by atoms with E-state index in [9.17, 15) is 15.0 Å². The fourth-order valence-electron chi connectivity index (χ4n) is 12.4. The molecule has 9 rings (SSSR count). The van der Waals surface area contributed by atoms with Crippen molar-refractivity contribution in [1.82, 2.24) is 4.90 Å². The number of cyclic esters (lactones) is 1. The molecule has 5 heterocycles. The van der Waals surface area contributed by atoms with Crippen molar-refractivity contribution < 1.29 is 29.2 Å². The topological polar surface area (TPSA) is 88.5 Å². The zero-order valence-electron chi connectivity index (χ0n) is 30.2. The van der Waals surface area contributed by atoms with Gasteiger partial charge in [0.15, 0.2) is 11.5 Å². The van der Waals surface area contributed by atoms with Gasteiger partial charge in [-0.2, -0.15) is 0 Å². The number of hydrogen-bond donors (Lipinski definition) is 2. The van der Waals surface area contributed by atoms with E-state index in [0.717, 1.165) is 49.7 Å². The molecule has 8 aliphatic rings. The first kappa shape index (κ1) is 34.6. The smallest absolute Gasteiger partial charge is 0.345 e. The third-order valence-corrected chi connectivity index (χ3v) is 16.9. The molecule has 1 aromatic carbocycles. The number of ether oxygens (including phenoxy) is 3. The van der Waals surface area contributed by atoms with Gasteiger partial charge in [0, 0.05) is 47.9 Å². The Hall–Kier alpha value is -2.17. The Labute approximate surface area is 310 Å². The second-order valence-electron chi connectivity index (χ2n) is 17.0. The minimum Gasteiger partial charge on any atom is -0.492 e. The molecule has 3 aliphatic carbocycles. The highest BCUT2D eigenvalue weighted by atomic mass is 33.1. The van der Waals surface area contributed by atoms with Crippen LogP contribution in [0.25, 0.3) is 0 Å². The molecule has 7 nitrogen and oxygen atoms in total. The van der Waals surface area contributed by atoms with E-state index in [1.54, 1.807) is 0 Å². The number of benzene rings is 1. The number of fused-ring (bicyclic) bond motifs is 6. The molecular weight excluding hydrogens is 679 g/mol. The summed E-state index contributed by atoms with van der Waals surface area (Å²) >= 11 is 0. The SMILES string of the molecule is COC1=C(CO)C(=O)OC1=C1OC2=CCCN3[C@@H]4[C@@H](O)[C@H]5C[C@H](C)CC=C5CSSC[C@@H]5CC[C@]6(C5)C[C@@H]4[C@@H](C[C@@H]3[C@@H]2[C@@H]1C)[C@@H]6c1ccccc1. The summed E-state index contributed by atoms with van der Waals surface area (Å²) in [6.45, 7) is 5.01. The van der Waals surface area contributed by atoms with E-state index in [1.807, 2.05) is 10.8 Å². The molecule has 5 fully saturated rings. The monoisotopic (exact) mass is 731 g/mol. The Morgan fingerprint density at radius 2 is 1.90 bits per heavy atom. The number of carbonyl (C=O) groups is 1. The van der Waals surface area contributed by atoms with E-state index in [-0.39, 0.29) is 46.6 Å². The molecular formula is C42H53NO6S2. The number of aliphatic hydroxyl groups excluding tert-OH is 2. The molecule has 9 heteroatoms. The number of hydrogen-bond acceptors (Lipinski definition) is 9. The summed E-state index contributed by atoms with van der Waals surface area (Å²) < 4.78 is 18.2. The molecule has 0 aromatic heterocycles. The summed E-state index contributed by atoms with van der Waals surface area (Å²) in [5.41, 5.74) is 3.34. The average Bonchev–Trinajstić information content (AvgIpc) is 3.84. The minimum absolute atomic E-state index is 0.0519. The normalized spacial score (nSPS) is 43.7. The van der Waals surface area contributed by atoms with Crippen molar-refractivity contribution in [3.8, 4) is 0 Å². The molecule has 51 heavy (non-hydrogen) atoms. The van der Waals surface area contributed by atoms with Crippen molar-refractivity contribution in [3.63, 3.8) is 0 Å². The van der Waals surface area contributed by atoms with Crippen LogP contribution in [0.1, 0.15) is 76.7 Å². The van der Waals surface area contributed by atoms with E-state index >= 15 is 0 Å². The third kappa shape index (κ3) is 5.61. The number of piperidine rings is 1. The Morgan fingerprint density at radius 1 is 1.06 bits per heavy atom. The lowest BCUT2D eigenvalue weighted by atomic mass is 9.65. The summed E-state index contributed by atoms with van der Waals surface area (Å²) in [7, 11) is 5.61. The summed E-state index contributed by atoms with van der Waals surface area (Å²) in [6, 6.07) is 11.6. The van der Waals surface area contributed by atoms with Crippen LogP contribution < -0.4 is 0 Å². The zero-order valence-corrected chi connectivity index (χ0v) is 31.8. The predicted molar refractivity (Wildman–Crippen MR) is 201 cm³/mol. The van der Waals surface area contributed by atoms with Crippen molar-refractivity contribution in [2.45, 2.75) is 89.3 Å². The van der Waals surface area contributed by atoms with Crippen molar-refractivity contribution in [2.24, 2.45) is 46.8 Å². The second kappa shape index (κ2) is 13.6. The molecule has 0 unspecified atom stereocenters. The highest BCUT2D eigenvalue weighted by Gasteiger charge is 2.64. The third-order valence-electron chi connectivity index (χ3n) is 14.4. The molecule has 274 valence electrons. The molecule has 2 N–H and O–H groups in total. The van der Waals surface area contributed by atoms with E-state index in [1.165, 1.54) is 49.7 Å². The van der Waals surface area contributed by atoms with Crippen LogP contribution in [-0.2, 0) is 19.0 Å². The van der Waals surface area contributed by atoms with Gasteiger partial charge >= 0.3 is 5.97 Å². The van der Waals surface area contributed by atoms with Gasteiger partial charge in [0.2, 0.25) is 5.76 Å². The number of esters is 1. The van der Waals surface area contributed by atoms with Gasteiger partial charge in [-0.3, -0.25) is 4.90 Å². The van der Waals surface area contributed by atoms with Gasteiger partial charge in [-0.25, -0.2) is 4.79 Å². The van der Waals surface area contributed by atoms with E-state index in [4.69, 9.17) is 14.2 Å². The second-order valence-corrected chi connectivity index (χ2v) is 19.5. The largest absolute Gasteiger partial charge is 0.492 e. The number of rotatable bonds is 3. The van der Waals surface area contributed by atoms with Crippen LogP contribution in [0.4, 0.5) is 0 Å². The lowest BCUT2D eigenvalue weighted by Gasteiger charge is -2.54. The van der Waals surface area contributed by atoms with E-state index < -0.39 is 18.7 Å². The zero-order chi connectivity index (χ0) is 35.0. The van der Waals surface area contributed by atoms with Gasteiger partial charge in [0.05, 0.1) is 19.8 Å². The molecule has 12 atom stereocenters. The van der Waals surface area contributed by atoms with E-state index in [0.29, 0.717) is 35.2 Å². The lowest BCUT2D eigenvalue weighted by Crippen LogP contribution is -2.62. The predicted octanol–water partition coefficient (Wildman–Crippen LogP) is 7.60. The van der Waals surface area contributed by atoms with Crippen LogP contribution in [0.15, 0.2) is 76.7 Å². The molecule has 1 spiro atoms. The summed E-state index contributed by atoms with van der Waals surface area (Å²) in [6.07, 6.45) is 13.4. The number of aliphatic hydroxyl groups is 2. The summed E-state index contributed by atoms with van der Waals surface area (Å²) in [4.78, 5) is 15.5. The van der Waals surface area contributed by atoms with Crippen LogP contribution in [-0.4, -0.2) is 71.0 Å². The van der Waals surface area contributed by atoms with E-state index in [2.05, 4.69) is 72.0 Å². The van der Waals surface area contributed by atoms with Gasteiger partial charge in [-0.05, 0) is 98.0 Å². The summed E-state index contributed by atoms with van der Waals surface area (Å²) in [5, 5.41) is 23.1. The Bertz CT molecular complexity index is 1670. The molecule has 0 radical (unpaired) electrons. The maximum atomic E-state index is 13.1. The van der Waals surface area contributed by atoms with Crippen molar-refractivity contribution in [3.05, 3.63) is 82.2 Å². The minimum atomic E-state index is -0.578. The number of nitrogens with zero attached hydrogens (tertiary/aromatic N) is 1. The van der Waals surface area contributed by atoms with Crippen LogP contribution in [0, 0.1) is 46.8 Å². The van der Waals surface area contributed by atoms with Crippen LogP contribution >= 0.6 is 21.6 Å². The first-order valence-corrected chi connectivity index (χ1v) is 22.0. The number of allylic oxidation sites excluding steroid dienone is 2. The molecule has 5 aliphatic heterocycles. The van der Waals surface area contributed by atoms with Crippen LogP contribution in [0.5, 0.6) is 0 Å². The van der Waals surface area contributed by atoms with Gasteiger partial charge in [-0.1, -0.05) is 77.4 Å². The standard InChI is InChI=1S/C42H53NO6S2/c1-23-11-12-27-22-51-50-21-25-13-14-42(18-25)19-30-29(35(42)26-8-5-4-6-9-26)17-32-34-24(2)38(40-39(47-3)31(20-44)41(46)49-40)48-33(34)10-7-15-43(32)36(30)37(45)28(27)16-23/h4-6,8-10,12,23-25,28-30,32,34-37,44-45H,7,11,13-22H2,1-3H3/t23-,24+,25-,28+,29-,30-,32-,34+,35+,36+,37+,42+/m1/s1. The van der Waals surface area contributed by atoms with Gasteiger partial charge in [-0.15, -0.1) is 0 Å². The Kier molecular flexibility index (Phi) is 9.22. The lowest BCUT2D eigenvalue weighted by molar-refractivity contribution is -0.133. The van der Waals surface area contributed by atoms with Crippen molar-refractivity contribution >= 4 is 27.6 Å². The maximum Gasteiger partial charge on any atom is 0.345 e. The van der Waals surface area contributed by atoms with Crippen LogP contribution in [0.2, 0.25) is 0 Å². The fourth-order valence-corrected chi connectivity index (χ4v) is 15.1. The molecule has 2 saturated carbocycles. The first-order chi connectivity index (χ1) is 24.8. The highest BCUT2D eigenvalue weighted by molar-refractivity contribution is 8.76. The molecule has 3 saturated heterocycles. The van der Waals surface area contributed by atoms with Gasteiger partial charge in [0.1, 0.15) is 11.3 Å². The maximum absolute atomic E-state index is 13.1. The molecule has 0 amide bonds. The van der Waals surface area contributed by atoms with Crippen molar-refractivity contribution in [2.75, 3.05) is 31.8 Å².